The molecule has 0 amide bonds. The van der Waals surface area contributed by atoms with Crippen molar-refractivity contribution < 1.29 is 26.4 Å². The van der Waals surface area contributed by atoms with Gasteiger partial charge in [0.15, 0.2) is 11.5 Å². The van der Waals surface area contributed by atoms with Crippen molar-refractivity contribution >= 4 is 11.4 Å². The van der Waals surface area contributed by atoms with Crippen LogP contribution in [0.4, 0.5) is 11.4 Å². The number of nitrogen functional groups attached to an aromatic ring is 1. The minimum Gasteiger partial charge on any atom is -1.00 e. The van der Waals surface area contributed by atoms with E-state index >= 15 is 0 Å². The lowest BCUT2D eigenvalue weighted by Gasteiger charge is -2.09. The summed E-state index contributed by atoms with van der Waals surface area (Å²) in [5.74, 6) is 1.45. The summed E-state index contributed by atoms with van der Waals surface area (Å²) in [6, 6.07) is 3.67. The number of ether oxygens (including phenoxy) is 2. The minimum atomic E-state index is 0. The number of nitrogens with zero attached hydrogens (tertiary/aromatic N) is 2. The summed E-state index contributed by atoms with van der Waals surface area (Å²) >= 11 is 0. The Balaban J connectivity index is 0.00000147. The van der Waals surface area contributed by atoms with E-state index in [1.54, 1.807) is 6.07 Å². The molecule has 0 saturated carbocycles. The number of benzene rings is 1. The predicted octanol–water partition coefficient (Wildman–Crippen LogP) is -2.26. The van der Waals surface area contributed by atoms with Crippen LogP contribution >= 0.6 is 0 Å². The van der Waals surface area contributed by atoms with Gasteiger partial charge in [-0.05, 0) is 0 Å². The van der Waals surface area contributed by atoms with Crippen LogP contribution in [0.25, 0.3) is 0 Å². The lowest BCUT2D eigenvalue weighted by molar-refractivity contribution is -0.671. The van der Waals surface area contributed by atoms with E-state index in [9.17, 15) is 0 Å². The Bertz CT molecular complexity index is 600. The third-order valence-corrected chi connectivity index (χ3v) is 3.05. The average molecular weight is 297 g/mol. The van der Waals surface area contributed by atoms with E-state index in [0.29, 0.717) is 11.4 Å². The molecule has 7 heteroatoms. The Morgan fingerprint density at radius 3 is 2.80 bits per heavy atom. The predicted molar refractivity (Wildman–Crippen MR) is 71.1 cm³/mol. The van der Waals surface area contributed by atoms with Crippen molar-refractivity contribution in [3.05, 3.63) is 30.9 Å². The number of nitrogens with one attached hydrogen (secondary N) is 1. The molecule has 6 nitrogen and oxygen atoms in total. The number of aromatic nitrogens is 2. The standard InChI is InChI=1S/C13H17N4O2.ClH/c1-16-4-5-17(8-16)3-2-15-11-7-13-12(6-10(11)14)18-9-19-13;/h4-8,15H,2-3,9,14H2,1H3;1H/q+1;/p-1. The normalized spacial score (nSPS) is 12.1. The van der Waals surface area contributed by atoms with Crippen molar-refractivity contribution in [2.45, 2.75) is 6.54 Å². The van der Waals surface area contributed by atoms with Gasteiger partial charge in [-0.25, -0.2) is 9.13 Å². The second kappa shape index (κ2) is 5.92. The molecule has 0 fully saturated rings. The van der Waals surface area contributed by atoms with Crippen LogP contribution in [0.15, 0.2) is 30.9 Å². The first-order valence-corrected chi connectivity index (χ1v) is 6.16. The monoisotopic (exact) mass is 296 g/mol. The fourth-order valence-corrected chi connectivity index (χ4v) is 2.06. The molecule has 0 aliphatic carbocycles. The number of hydrogen-bond acceptors (Lipinski definition) is 4. The third-order valence-electron chi connectivity index (χ3n) is 3.05. The van der Waals surface area contributed by atoms with Gasteiger partial charge in [-0.3, -0.25) is 0 Å². The van der Waals surface area contributed by atoms with Gasteiger partial charge in [-0.15, -0.1) is 0 Å². The van der Waals surface area contributed by atoms with Crippen LogP contribution < -0.4 is 37.5 Å². The fraction of sp³-hybridized carbons (Fsp3) is 0.308. The maximum Gasteiger partial charge on any atom is 0.243 e. The second-order valence-corrected chi connectivity index (χ2v) is 4.54. The van der Waals surface area contributed by atoms with Crippen LogP contribution in [0, 0.1) is 0 Å². The summed E-state index contributed by atoms with van der Waals surface area (Å²) < 4.78 is 14.7. The van der Waals surface area contributed by atoms with Gasteiger partial charge in [-0.2, -0.15) is 0 Å². The molecule has 0 unspecified atom stereocenters. The largest absolute Gasteiger partial charge is 1.00 e. The van der Waals surface area contributed by atoms with E-state index in [-0.39, 0.29) is 19.2 Å². The quantitative estimate of drug-likeness (QED) is 0.494. The van der Waals surface area contributed by atoms with E-state index < -0.39 is 0 Å². The van der Waals surface area contributed by atoms with Gasteiger partial charge in [-0.1, -0.05) is 0 Å². The van der Waals surface area contributed by atoms with E-state index in [1.165, 1.54) is 0 Å². The summed E-state index contributed by atoms with van der Waals surface area (Å²) in [5, 5.41) is 3.31. The Morgan fingerprint density at radius 1 is 1.35 bits per heavy atom. The van der Waals surface area contributed by atoms with Gasteiger partial charge in [0.25, 0.3) is 0 Å². The molecule has 3 rings (SSSR count). The molecule has 0 saturated heterocycles. The van der Waals surface area contributed by atoms with Crippen molar-refractivity contribution in [1.29, 1.82) is 0 Å². The number of anilines is 2. The van der Waals surface area contributed by atoms with E-state index in [0.717, 1.165) is 24.5 Å². The van der Waals surface area contributed by atoms with Crippen LogP contribution in [0.1, 0.15) is 0 Å². The van der Waals surface area contributed by atoms with Crippen molar-refractivity contribution in [2.24, 2.45) is 7.05 Å². The maximum absolute atomic E-state index is 5.97. The van der Waals surface area contributed by atoms with Crippen LogP contribution in [0.5, 0.6) is 11.5 Å². The summed E-state index contributed by atoms with van der Waals surface area (Å²) in [7, 11) is 2.00. The lowest BCUT2D eigenvalue weighted by atomic mass is 10.2. The van der Waals surface area contributed by atoms with Crippen LogP contribution in [0.2, 0.25) is 0 Å². The van der Waals surface area contributed by atoms with Crippen LogP contribution in [-0.2, 0) is 13.6 Å². The number of aryl methyl sites for hydroxylation is 1. The molecule has 3 N–H and O–H groups in total. The highest BCUT2D eigenvalue weighted by Gasteiger charge is 2.15. The molecule has 0 radical (unpaired) electrons. The molecule has 0 atom stereocenters. The number of imidazole rings is 1. The molecule has 1 aromatic carbocycles. The molecule has 0 spiro atoms. The topological polar surface area (TPSA) is 65.3 Å². The van der Waals surface area contributed by atoms with Crippen molar-refractivity contribution in [2.75, 3.05) is 24.4 Å². The summed E-state index contributed by atoms with van der Waals surface area (Å²) in [6.07, 6.45) is 6.07. The molecule has 0 bridgehead atoms. The third kappa shape index (κ3) is 2.91. The van der Waals surface area contributed by atoms with Gasteiger partial charge in [0.1, 0.15) is 18.9 Å². The molecule has 20 heavy (non-hydrogen) atoms. The number of fused-ring (bicyclic) bond motifs is 1. The van der Waals surface area contributed by atoms with Gasteiger partial charge in [0.05, 0.1) is 25.0 Å². The van der Waals surface area contributed by atoms with Crippen molar-refractivity contribution in [3.63, 3.8) is 0 Å². The van der Waals surface area contributed by atoms with E-state index in [2.05, 4.69) is 9.88 Å². The Hall–Kier alpha value is -2.08. The molecule has 108 valence electrons. The Kier molecular flexibility index (Phi) is 4.24. The van der Waals surface area contributed by atoms with E-state index in [1.807, 2.05) is 36.4 Å². The van der Waals surface area contributed by atoms with E-state index in [4.69, 9.17) is 15.2 Å². The Morgan fingerprint density at radius 2 is 2.10 bits per heavy atom. The molecule has 2 heterocycles. The van der Waals surface area contributed by atoms with Gasteiger partial charge in [0.2, 0.25) is 13.1 Å². The van der Waals surface area contributed by atoms with Gasteiger partial charge in [0, 0.05) is 12.1 Å². The highest BCUT2D eigenvalue weighted by molar-refractivity contribution is 5.72. The molecular weight excluding hydrogens is 280 g/mol. The first-order valence-electron chi connectivity index (χ1n) is 6.16. The number of nitrogens with two attached hydrogens (primary N) is 1. The summed E-state index contributed by atoms with van der Waals surface area (Å²) in [6.45, 7) is 1.92. The van der Waals surface area contributed by atoms with Gasteiger partial charge >= 0.3 is 0 Å². The first-order chi connectivity index (χ1) is 9.22. The zero-order valence-corrected chi connectivity index (χ0v) is 11.9. The molecular formula is C13H17ClN4O2. The van der Waals surface area contributed by atoms with Crippen LogP contribution in [0.3, 0.4) is 0 Å². The molecule has 1 aliphatic heterocycles. The maximum atomic E-state index is 5.97. The molecule has 2 aromatic rings. The zero-order chi connectivity index (χ0) is 13.2. The number of hydrogen-bond donors (Lipinski definition) is 2. The van der Waals surface area contributed by atoms with Crippen molar-refractivity contribution in [3.8, 4) is 11.5 Å². The Labute approximate surface area is 123 Å². The SMILES string of the molecule is C[n+]1ccn(CCNc2cc3c(cc2N)OCO3)c1.[Cl-]. The average Bonchev–Trinajstić information content (AvgIpc) is 2.98. The van der Waals surface area contributed by atoms with Crippen molar-refractivity contribution in [1.82, 2.24) is 4.57 Å². The molecule has 1 aliphatic rings. The fourth-order valence-electron chi connectivity index (χ4n) is 2.06. The highest BCUT2D eigenvalue weighted by Crippen LogP contribution is 2.38. The highest BCUT2D eigenvalue weighted by atomic mass is 35.5. The number of rotatable bonds is 4. The number of halogens is 1. The minimum absolute atomic E-state index is 0. The summed E-state index contributed by atoms with van der Waals surface area (Å²) in [4.78, 5) is 0. The smallest absolute Gasteiger partial charge is 0.243 e. The molecule has 1 aromatic heterocycles. The lowest BCUT2D eigenvalue weighted by Crippen LogP contribution is -3.00. The first kappa shape index (κ1) is 14.3. The zero-order valence-electron chi connectivity index (χ0n) is 11.2. The summed E-state index contributed by atoms with van der Waals surface area (Å²) in [5.41, 5.74) is 7.51. The van der Waals surface area contributed by atoms with Crippen LogP contribution in [-0.4, -0.2) is 17.9 Å². The van der Waals surface area contributed by atoms with Gasteiger partial charge < -0.3 is 32.9 Å². The second-order valence-electron chi connectivity index (χ2n) is 4.54.